The van der Waals surface area contributed by atoms with Gasteiger partial charge in [-0.1, -0.05) is 6.07 Å². The van der Waals surface area contributed by atoms with Gasteiger partial charge in [0.15, 0.2) is 0 Å². The molecule has 1 aromatic carbocycles. The van der Waals surface area contributed by atoms with E-state index < -0.39 is 0 Å². The zero-order valence-electron chi connectivity index (χ0n) is 7.37. The molecule has 14 heavy (non-hydrogen) atoms. The van der Waals surface area contributed by atoms with Gasteiger partial charge in [0.1, 0.15) is 5.82 Å². The number of anilines is 3. The Morgan fingerprint density at radius 1 is 1.21 bits per heavy atom. The van der Waals surface area contributed by atoms with Crippen LogP contribution in [-0.4, -0.2) is 10.2 Å². The first-order valence-corrected chi connectivity index (χ1v) is 4.14. The molecule has 0 atom stereocenters. The lowest BCUT2D eigenvalue weighted by Gasteiger charge is -2.03. The monoisotopic (exact) mass is 190 g/mol. The van der Waals surface area contributed by atoms with Gasteiger partial charge in [-0.3, -0.25) is 15.0 Å². The highest BCUT2D eigenvalue weighted by molar-refractivity contribution is 5.60. The SMILES string of the molecule is Nc1cccc(Nc2cc(=O)[nH][nH]2)c1. The predicted octanol–water partition coefficient (Wildman–Crippen LogP) is 1.03. The minimum atomic E-state index is -0.170. The molecule has 0 aliphatic rings. The van der Waals surface area contributed by atoms with Crippen LogP contribution in [0.15, 0.2) is 35.1 Å². The van der Waals surface area contributed by atoms with Gasteiger partial charge in [0.25, 0.3) is 5.56 Å². The fourth-order valence-corrected chi connectivity index (χ4v) is 1.17. The highest BCUT2D eigenvalue weighted by Crippen LogP contribution is 2.15. The molecule has 0 fully saturated rings. The van der Waals surface area contributed by atoms with Crippen LogP contribution in [-0.2, 0) is 0 Å². The Morgan fingerprint density at radius 3 is 2.71 bits per heavy atom. The highest BCUT2D eigenvalue weighted by atomic mass is 16.1. The Kier molecular flexibility index (Phi) is 1.98. The van der Waals surface area contributed by atoms with Crippen molar-refractivity contribution in [1.29, 1.82) is 0 Å². The fourth-order valence-electron chi connectivity index (χ4n) is 1.17. The van der Waals surface area contributed by atoms with Crippen molar-refractivity contribution in [2.24, 2.45) is 0 Å². The van der Waals surface area contributed by atoms with E-state index in [-0.39, 0.29) is 5.56 Å². The van der Waals surface area contributed by atoms with Gasteiger partial charge in [-0.25, -0.2) is 0 Å². The van der Waals surface area contributed by atoms with Gasteiger partial charge in [-0.05, 0) is 18.2 Å². The number of benzene rings is 1. The number of nitrogen functional groups attached to an aromatic ring is 1. The second-order valence-electron chi connectivity index (χ2n) is 2.92. The standard InChI is InChI=1S/C9H10N4O/c10-6-2-1-3-7(4-6)11-8-5-9(14)13-12-8/h1-5H,10H2,(H3,11,12,13,14). The summed E-state index contributed by atoms with van der Waals surface area (Å²) in [6.45, 7) is 0. The van der Waals surface area contributed by atoms with Crippen LogP contribution in [0.5, 0.6) is 0 Å². The first-order chi connectivity index (χ1) is 6.74. The van der Waals surface area contributed by atoms with Crippen LogP contribution in [0.4, 0.5) is 17.2 Å². The maximum absolute atomic E-state index is 10.8. The Labute approximate surface area is 79.9 Å². The summed E-state index contributed by atoms with van der Waals surface area (Å²) in [7, 11) is 0. The first kappa shape index (κ1) is 8.43. The van der Waals surface area contributed by atoms with Crippen molar-refractivity contribution in [3.8, 4) is 0 Å². The minimum Gasteiger partial charge on any atom is -0.399 e. The van der Waals surface area contributed by atoms with Gasteiger partial charge >= 0.3 is 0 Å². The lowest BCUT2D eigenvalue weighted by atomic mass is 10.3. The minimum absolute atomic E-state index is 0.170. The number of rotatable bonds is 2. The van der Waals surface area contributed by atoms with E-state index in [1.807, 2.05) is 12.1 Å². The van der Waals surface area contributed by atoms with Gasteiger partial charge in [0, 0.05) is 17.4 Å². The molecule has 0 unspecified atom stereocenters. The van der Waals surface area contributed by atoms with Crippen molar-refractivity contribution in [1.82, 2.24) is 10.2 Å². The lowest BCUT2D eigenvalue weighted by molar-refractivity contribution is 1.06. The fraction of sp³-hybridized carbons (Fsp3) is 0. The van der Waals surface area contributed by atoms with E-state index in [1.54, 1.807) is 12.1 Å². The van der Waals surface area contributed by atoms with Crippen LogP contribution >= 0.6 is 0 Å². The molecule has 0 spiro atoms. The molecule has 0 amide bonds. The third-order valence-corrected chi connectivity index (χ3v) is 1.76. The summed E-state index contributed by atoms with van der Waals surface area (Å²) in [4.78, 5) is 10.8. The summed E-state index contributed by atoms with van der Waals surface area (Å²) in [5.74, 6) is 0.612. The van der Waals surface area contributed by atoms with E-state index in [9.17, 15) is 4.79 Å². The summed E-state index contributed by atoms with van der Waals surface area (Å²) >= 11 is 0. The molecular weight excluding hydrogens is 180 g/mol. The zero-order valence-corrected chi connectivity index (χ0v) is 7.37. The molecule has 5 N–H and O–H groups in total. The number of nitrogens with two attached hydrogens (primary N) is 1. The van der Waals surface area contributed by atoms with Crippen molar-refractivity contribution < 1.29 is 0 Å². The van der Waals surface area contributed by atoms with Gasteiger partial charge in [-0.2, -0.15) is 0 Å². The van der Waals surface area contributed by atoms with Crippen molar-refractivity contribution in [2.45, 2.75) is 0 Å². The molecule has 2 aromatic rings. The molecule has 0 radical (unpaired) electrons. The molecule has 0 saturated heterocycles. The topological polar surface area (TPSA) is 86.7 Å². The summed E-state index contributed by atoms with van der Waals surface area (Å²) in [5.41, 5.74) is 6.94. The second kappa shape index (κ2) is 3.29. The quantitative estimate of drug-likeness (QED) is 0.533. The van der Waals surface area contributed by atoms with Crippen molar-refractivity contribution in [2.75, 3.05) is 11.1 Å². The number of nitrogens with one attached hydrogen (secondary N) is 3. The smallest absolute Gasteiger partial charge is 0.266 e. The van der Waals surface area contributed by atoms with Crippen LogP contribution in [0.1, 0.15) is 0 Å². The third kappa shape index (κ3) is 1.77. The van der Waals surface area contributed by atoms with Crippen LogP contribution in [0, 0.1) is 0 Å². The average molecular weight is 190 g/mol. The van der Waals surface area contributed by atoms with E-state index in [1.165, 1.54) is 6.07 Å². The van der Waals surface area contributed by atoms with Crippen LogP contribution in [0.25, 0.3) is 0 Å². The molecule has 72 valence electrons. The van der Waals surface area contributed by atoms with E-state index in [2.05, 4.69) is 15.5 Å². The van der Waals surface area contributed by atoms with E-state index >= 15 is 0 Å². The predicted molar refractivity (Wildman–Crippen MR) is 55.6 cm³/mol. The second-order valence-corrected chi connectivity index (χ2v) is 2.92. The van der Waals surface area contributed by atoms with Gasteiger partial charge < -0.3 is 11.1 Å². The molecule has 0 aliphatic heterocycles. The normalized spacial score (nSPS) is 10.0. The summed E-state index contributed by atoms with van der Waals surface area (Å²) in [6, 6.07) is 8.71. The molecule has 1 aromatic heterocycles. The zero-order chi connectivity index (χ0) is 9.97. The molecule has 5 nitrogen and oxygen atoms in total. The Hall–Kier alpha value is -2.17. The van der Waals surface area contributed by atoms with Gasteiger partial charge in [0.2, 0.25) is 0 Å². The summed E-state index contributed by atoms with van der Waals surface area (Å²) in [5, 5.41) is 8.11. The first-order valence-electron chi connectivity index (χ1n) is 4.14. The summed E-state index contributed by atoms with van der Waals surface area (Å²) < 4.78 is 0. The van der Waals surface area contributed by atoms with E-state index in [0.717, 1.165) is 5.69 Å². The molecular formula is C9H10N4O. The lowest BCUT2D eigenvalue weighted by Crippen LogP contribution is -1.94. The highest BCUT2D eigenvalue weighted by Gasteiger charge is 1.96. The molecule has 2 rings (SSSR count). The van der Waals surface area contributed by atoms with Crippen molar-refractivity contribution in [3.63, 3.8) is 0 Å². The number of hydrogen-bond acceptors (Lipinski definition) is 3. The Balaban J connectivity index is 2.22. The van der Waals surface area contributed by atoms with Crippen LogP contribution in [0.3, 0.4) is 0 Å². The maximum atomic E-state index is 10.8. The molecule has 0 bridgehead atoms. The largest absolute Gasteiger partial charge is 0.399 e. The molecule has 1 heterocycles. The van der Waals surface area contributed by atoms with E-state index in [0.29, 0.717) is 11.5 Å². The molecule has 0 aliphatic carbocycles. The van der Waals surface area contributed by atoms with E-state index in [4.69, 9.17) is 5.73 Å². The number of H-pyrrole nitrogens is 2. The Morgan fingerprint density at radius 2 is 2.07 bits per heavy atom. The summed E-state index contributed by atoms with van der Waals surface area (Å²) in [6.07, 6.45) is 0. The van der Waals surface area contributed by atoms with Gasteiger partial charge in [-0.15, -0.1) is 0 Å². The van der Waals surface area contributed by atoms with Crippen molar-refractivity contribution in [3.05, 3.63) is 40.7 Å². The molecule has 0 saturated carbocycles. The average Bonchev–Trinajstić information content (AvgIpc) is 2.51. The third-order valence-electron chi connectivity index (χ3n) is 1.76. The molecule has 5 heteroatoms. The number of aromatic amines is 2. The number of aromatic nitrogens is 2. The van der Waals surface area contributed by atoms with Gasteiger partial charge in [0.05, 0.1) is 0 Å². The Bertz CT molecular complexity index is 485. The van der Waals surface area contributed by atoms with Crippen molar-refractivity contribution >= 4 is 17.2 Å². The number of hydrogen-bond donors (Lipinski definition) is 4. The van der Waals surface area contributed by atoms with Crippen LogP contribution < -0.4 is 16.6 Å². The van der Waals surface area contributed by atoms with Crippen LogP contribution in [0.2, 0.25) is 0 Å². The maximum Gasteiger partial charge on any atom is 0.266 e.